The molecular formula is C15H19N3O3. The molecule has 1 aromatic rings. The summed E-state index contributed by atoms with van der Waals surface area (Å²) in [4.78, 5) is 24.6. The molecule has 1 amide bonds. The van der Waals surface area contributed by atoms with E-state index in [2.05, 4.69) is 12.2 Å². The maximum Gasteiger partial charge on any atom is 0.269 e. The Morgan fingerprint density at radius 3 is 2.38 bits per heavy atom. The van der Waals surface area contributed by atoms with Crippen molar-refractivity contribution in [3.63, 3.8) is 0 Å². The molecule has 1 aliphatic heterocycles. The first-order valence-corrected chi connectivity index (χ1v) is 7.30. The number of rotatable bonds is 3. The van der Waals surface area contributed by atoms with Gasteiger partial charge in [0.05, 0.1) is 11.0 Å². The Kier molecular flexibility index (Phi) is 3.41. The first kappa shape index (κ1) is 14.0. The average Bonchev–Trinajstić information content (AvgIpc) is 2.72. The van der Waals surface area contributed by atoms with E-state index in [0.29, 0.717) is 5.92 Å². The second kappa shape index (κ2) is 5.11. The van der Waals surface area contributed by atoms with Gasteiger partial charge in [-0.25, -0.2) is 0 Å². The molecule has 1 saturated heterocycles. The van der Waals surface area contributed by atoms with E-state index >= 15 is 0 Å². The van der Waals surface area contributed by atoms with Crippen LogP contribution in [0.5, 0.6) is 0 Å². The Morgan fingerprint density at radius 1 is 1.24 bits per heavy atom. The summed E-state index contributed by atoms with van der Waals surface area (Å²) in [6, 6.07) is 6.52. The number of carbonyl (C=O) groups excluding carboxylic acids is 1. The highest BCUT2D eigenvalue weighted by Crippen LogP contribution is 2.38. The van der Waals surface area contributed by atoms with Crippen LogP contribution in [0.1, 0.15) is 38.4 Å². The fourth-order valence-electron chi connectivity index (χ4n) is 3.25. The Hall–Kier alpha value is -1.95. The lowest BCUT2D eigenvalue weighted by molar-refractivity contribution is -0.384. The van der Waals surface area contributed by atoms with Crippen LogP contribution < -0.4 is 5.32 Å². The number of amides is 1. The van der Waals surface area contributed by atoms with Crippen LogP contribution in [-0.2, 0) is 4.79 Å². The fraction of sp³-hybridized carbons (Fsp3) is 0.533. The van der Waals surface area contributed by atoms with E-state index in [1.807, 2.05) is 11.8 Å². The molecule has 1 aromatic carbocycles. The molecule has 2 aliphatic rings. The van der Waals surface area contributed by atoms with E-state index in [4.69, 9.17) is 0 Å². The van der Waals surface area contributed by atoms with Crippen LogP contribution in [0, 0.1) is 16.0 Å². The van der Waals surface area contributed by atoms with Crippen molar-refractivity contribution in [2.45, 2.75) is 44.9 Å². The summed E-state index contributed by atoms with van der Waals surface area (Å²) >= 11 is 0. The van der Waals surface area contributed by atoms with Crippen LogP contribution in [0.3, 0.4) is 0 Å². The second-order valence-electron chi connectivity index (χ2n) is 6.12. The SMILES string of the molecule is CC1CC(N2C(=O)C(C)NC2c2ccc([N+](=O)[O-])cc2)C1. The third kappa shape index (κ3) is 2.40. The fourth-order valence-corrected chi connectivity index (χ4v) is 3.25. The lowest BCUT2D eigenvalue weighted by Gasteiger charge is -2.42. The number of nitro groups is 1. The van der Waals surface area contributed by atoms with E-state index in [9.17, 15) is 14.9 Å². The molecule has 1 aliphatic carbocycles. The molecule has 1 heterocycles. The quantitative estimate of drug-likeness (QED) is 0.684. The molecule has 112 valence electrons. The van der Waals surface area contributed by atoms with Gasteiger partial charge < -0.3 is 4.90 Å². The highest BCUT2D eigenvalue weighted by Gasteiger charge is 2.44. The lowest BCUT2D eigenvalue weighted by Crippen LogP contribution is -2.46. The van der Waals surface area contributed by atoms with Gasteiger partial charge in [0.2, 0.25) is 5.91 Å². The highest BCUT2D eigenvalue weighted by atomic mass is 16.6. The number of non-ortho nitro benzene ring substituents is 1. The summed E-state index contributed by atoms with van der Waals surface area (Å²) in [6.45, 7) is 4.05. The van der Waals surface area contributed by atoms with Gasteiger partial charge >= 0.3 is 0 Å². The molecule has 0 radical (unpaired) electrons. The summed E-state index contributed by atoms with van der Waals surface area (Å²) in [5.41, 5.74) is 0.970. The molecule has 0 bridgehead atoms. The molecule has 0 spiro atoms. The van der Waals surface area contributed by atoms with E-state index in [1.54, 1.807) is 12.1 Å². The molecule has 2 unspecified atom stereocenters. The maximum atomic E-state index is 12.4. The molecular weight excluding hydrogens is 270 g/mol. The zero-order valence-corrected chi connectivity index (χ0v) is 12.2. The molecule has 6 nitrogen and oxygen atoms in total. The Morgan fingerprint density at radius 2 is 1.86 bits per heavy atom. The normalized spacial score (nSPS) is 32.1. The van der Waals surface area contributed by atoms with Gasteiger partial charge in [0.25, 0.3) is 5.69 Å². The first-order chi connectivity index (χ1) is 9.97. The number of benzene rings is 1. The van der Waals surface area contributed by atoms with E-state index in [1.165, 1.54) is 12.1 Å². The molecule has 6 heteroatoms. The van der Waals surface area contributed by atoms with Crippen molar-refractivity contribution in [1.82, 2.24) is 10.2 Å². The molecule has 2 fully saturated rings. The van der Waals surface area contributed by atoms with Crippen molar-refractivity contribution < 1.29 is 9.72 Å². The van der Waals surface area contributed by atoms with Gasteiger partial charge in [0.1, 0.15) is 6.17 Å². The summed E-state index contributed by atoms with van der Waals surface area (Å²) in [5.74, 6) is 0.784. The third-order valence-electron chi connectivity index (χ3n) is 4.47. The number of carbonyl (C=O) groups is 1. The van der Waals surface area contributed by atoms with Gasteiger partial charge in [-0.3, -0.25) is 20.2 Å². The molecule has 2 atom stereocenters. The molecule has 0 aromatic heterocycles. The lowest BCUT2D eigenvalue weighted by atomic mass is 9.80. The Bertz CT molecular complexity index is 566. The van der Waals surface area contributed by atoms with Crippen molar-refractivity contribution in [3.8, 4) is 0 Å². The van der Waals surface area contributed by atoms with Crippen LogP contribution in [0.4, 0.5) is 5.69 Å². The standard InChI is InChI=1S/C15H19N3O3/c1-9-7-13(8-9)17-14(16-10(2)15(17)19)11-3-5-12(6-4-11)18(20)21/h3-6,9-10,13-14,16H,7-8H2,1-2H3. The zero-order valence-electron chi connectivity index (χ0n) is 12.2. The van der Waals surface area contributed by atoms with Gasteiger partial charge in [-0.1, -0.05) is 6.92 Å². The number of nitro benzene ring substituents is 1. The minimum absolute atomic E-state index is 0.0694. The van der Waals surface area contributed by atoms with Crippen molar-refractivity contribution in [2.75, 3.05) is 0 Å². The number of nitrogens with one attached hydrogen (secondary N) is 1. The molecule has 1 saturated carbocycles. The van der Waals surface area contributed by atoms with Crippen LogP contribution in [0.25, 0.3) is 0 Å². The highest BCUT2D eigenvalue weighted by molar-refractivity contribution is 5.84. The second-order valence-corrected chi connectivity index (χ2v) is 6.12. The largest absolute Gasteiger partial charge is 0.319 e. The van der Waals surface area contributed by atoms with Crippen LogP contribution in [0.15, 0.2) is 24.3 Å². The molecule has 21 heavy (non-hydrogen) atoms. The van der Waals surface area contributed by atoms with Crippen molar-refractivity contribution >= 4 is 11.6 Å². The van der Waals surface area contributed by atoms with E-state index < -0.39 is 4.92 Å². The van der Waals surface area contributed by atoms with Gasteiger partial charge in [0.15, 0.2) is 0 Å². The number of hydrogen-bond donors (Lipinski definition) is 1. The third-order valence-corrected chi connectivity index (χ3v) is 4.47. The van der Waals surface area contributed by atoms with E-state index in [-0.39, 0.29) is 29.8 Å². The number of nitrogens with zero attached hydrogens (tertiary/aromatic N) is 2. The predicted molar refractivity (Wildman–Crippen MR) is 77.5 cm³/mol. The minimum atomic E-state index is -0.412. The van der Waals surface area contributed by atoms with Crippen molar-refractivity contribution in [3.05, 3.63) is 39.9 Å². The average molecular weight is 289 g/mol. The predicted octanol–water partition coefficient (Wildman–Crippen LogP) is 2.21. The summed E-state index contributed by atoms with van der Waals surface area (Å²) in [7, 11) is 0. The van der Waals surface area contributed by atoms with E-state index in [0.717, 1.165) is 18.4 Å². The van der Waals surface area contributed by atoms with Gasteiger partial charge in [-0.15, -0.1) is 0 Å². The Labute approximate surface area is 123 Å². The molecule has 1 N–H and O–H groups in total. The van der Waals surface area contributed by atoms with Gasteiger partial charge in [-0.2, -0.15) is 0 Å². The van der Waals surface area contributed by atoms with Crippen molar-refractivity contribution in [2.24, 2.45) is 5.92 Å². The number of hydrogen-bond acceptors (Lipinski definition) is 4. The molecule has 3 rings (SSSR count). The monoisotopic (exact) mass is 289 g/mol. The summed E-state index contributed by atoms with van der Waals surface area (Å²) in [5, 5.41) is 14.0. The van der Waals surface area contributed by atoms with Gasteiger partial charge in [0, 0.05) is 18.2 Å². The summed E-state index contributed by atoms with van der Waals surface area (Å²) < 4.78 is 0. The van der Waals surface area contributed by atoms with Crippen LogP contribution in [-0.4, -0.2) is 27.8 Å². The smallest absolute Gasteiger partial charge is 0.269 e. The Balaban J connectivity index is 1.85. The first-order valence-electron chi connectivity index (χ1n) is 7.30. The summed E-state index contributed by atoms with van der Waals surface area (Å²) in [6.07, 6.45) is 1.89. The van der Waals surface area contributed by atoms with Gasteiger partial charge in [-0.05, 0) is 43.4 Å². The topological polar surface area (TPSA) is 75.5 Å². The van der Waals surface area contributed by atoms with Crippen molar-refractivity contribution in [1.29, 1.82) is 0 Å². The minimum Gasteiger partial charge on any atom is -0.319 e. The maximum absolute atomic E-state index is 12.4. The van der Waals surface area contributed by atoms with Crippen LogP contribution >= 0.6 is 0 Å². The van der Waals surface area contributed by atoms with Crippen LogP contribution in [0.2, 0.25) is 0 Å². The zero-order chi connectivity index (χ0) is 15.1.